The van der Waals surface area contributed by atoms with Crippen LogP contribution in [0.5, 0.6) is 5.75 Å². The monoisotopic (exact) mass is 313 g/mol. The number of hydrogen-bond donors (Lipinski definition) is 0. The summed E-state index contributed by atoms with van der Waals surface area (Å²) in [5.41, 5.74) is 0.878. The fourth-order valence-electron chi connectivity index (χ4n) is 1.71. The van der Waals surface area contributed by atoms with Gasteiger partial charge in [-0.15, -0.1) is 0 Å². The summed E-state index contributed by atoms with van der Waals surface area (Å²) in [4.78, 5) is 24.4. The van der Waals surface area contributed by atoms with Gasteiger partial charge in [0.05, 0.1) is 7.11 Å². The van der Waals surface area contributed by atoms with Gasteiger partial charge in [0.25, 0.3) is 5.91 Å². The molecule has 6 heteroatoms. The van der Waals surface area contributed by atoms with Crippen molar-refractivity contribution in [1.29, 1.82) is 0 Å². The summed E-state index contributed by atoms with van der Waals surface area (Å²) in [6.07, 6.45) is 0.861. The molecule has 0 saturated heterocycles. The van der Waals surface area contributed by atoms with Crippen LogP contribution in [0.25, 0.3) is 0 Å². The van der Waals surface area contributed by atoms with E-state index in [9.17, 15) is 9.59 Å². The molecule has 0 atom stereocenters. The summed E-state index contributed by atoms with van der Waals surface area (Å²) in [7, 11) is 3.02. The first-order chi connectivity index (χ1) is 9.93. The average molecular weight is 314 g/mol. The number of likely N-dealkylation sites (N-methyl/N-ethyl adjacent to an activating group) is 1. The van der Waals surface area contributed by atoms with Gasteiger partial charge in [0, 0.05) is 25.0 Å². The summed E-state index contributed by atoms with van der Waals surface area (Å²) >= 11 is 5.86. The standard InChI is InChI=1S/C15H20ClNO4/c1-11-9-12(16)6-7-13(11)21-10-14(18)17(2)8-4-5-15(19)20-3/h6-7,9H,4-5,8,10H2,1-3H3. The van der Waals surface area contributed by atoms with Gasteiger partial charge in [-0.3, -0.25) is 9.59 Å². The number of amides is 1. The molecule has 1 amide bonds. The Kier molecular flexibility index (Phi) is 7.02. The van der Waals surface area contributed by atoms with Crippen LogP contribution in [0.1, 0.15) is 18.4 Å². The smallest absolute Gasteiger partial charge is 0.305 e. The highest BCUT2D eigenvalue weighted by Gasteiger charge is 2.11. The van der Waals surface area contributed by atoms with Gasteiger partial charge >= 0.3 is 5.97 Å². The van der Waals surface area contributed by atoms with Gasteiger partial charge in [-0.1, -0.05) is 11.6 Å². The van der Waals surface area contributed by atoms with Gasteiger partial charge in [0.2, 0.25) is 0 Å². The van der Waals surface area contributed by atoms with Crippen LogP contribution in [-0.2, 0) is 14.3 Å². The third-order valence-corrected chi connectivity index (χ3v) is 3.25. The molecular formula is C15H20ClNO4. The maximum absolute atomic E-state index is 11.9. The molecule has 1 aromatic carbocycles. The van der Waals surface area contributed by atoms with Crippen LogP contribution < -0.4 is 4.74 Å². The van der Waals surface area contributed by atoms with E-state index in [1.807, 2.05) is 6.92 Å². The van der Waals surface area contributed by atoms with Crippen molar-refractivity contribution in [1.82, 2.24) is 4.90 Å². The van der Waals surface area contributed by atoms with Crippen molar-refractivity contribution in [3.8, 4) is 5.75 Å². The van der Waals surface area contributed by atoms with Crippen LogP contribution in [0.2, 0.25) is 5.02 Å². The van der Waals surface area contributed by atoms with E-state index >= 15 is 0 Å². The predicted molar refractivity (Wildman–Crippen MR) is 80.6 cm³/mol. The van der Waals surface area contributed by atoms with Crippen molar-refractivity contribution >= 4 is 23.5 Å². The van der Waals surface area contributed by atoms with Crippen molar-refractivity contribution in [2.24, 2.45) is 0 Å². The van der Waals surface area contributed by atoms with Gasteiger partial charge in [0.1, 0.15) is 5.75 Å². The fourth-order valence-corrected chi connectivity index (χ4v) is 1.94. The van der Waals surface area contributed by atoms with E-state index in [1.165, 1.54) is 12.0 Å². The minimum Gasteiger partial charge on any atom is -0.483 e. The molecule has 0 aliphatic heterocycles. The third kappa shape index (κ3) is 6.04. The van der Waals surface area contributed by atoms with E-state index in [4.69, 9.17) is 16.3 Å². The van der Waals surface area contributed by atoms with Crippen LogP contribution in [0.15, 0.2) is 18.2 Å². The molecular weight excluding hydrogens is 294 g/mol. The number of methoxy groups -OCH3 is 1. The Balaban J connectivity index is 2.37. The highest BCUT2D eigenvalue weighted by Crippen LogP contribution is 2.21. The summed E-state index contributed by atoms with van der Waals surface area (Å²) in [5, 5.41) is 0.631. The number of benzene rings is 1. The SMILES string of the molecule is COC(=O)CCCN(C)C(=O)COc1ccc(Cl)cc1C. The Labute approximate surface area is 129 Å². The number of carbonyl (C=O) groups excluding carboxylic acids is 2. The topological polar surface area (TPSA) is 55.8 Å². The van der Waals surface area contributed by atoms with Gasteiger partial charge in [0.15, 0.2) is 6.61 Å². The van der Waals surface area contributed by atoms with Gasteiger partial charge in [-0.25, -0.2) is 0 Å². The van der Waals surface area contributed by atoms with E-state index in [0.717, 1.165) is 5.56 Å². The molecule has 0 saturated carbocycles. The third-order valence-electron chi connectivity index (χ3n) is 3.02. The van der Waals surface area contributed by atoms with Gasteiger partial charge in [-0.2, -0.15) is 0 Å². The van der Waals surface area contributed by atoms with Gasteiger partial charge < -0.3 is 14.4 Å². The Hall–Kier alpha value is -1.75. The Morgan fingerprint density at radius 1 is 1.33 bits per heavy atom. The van der Waals surface area contributed by atoms with Crippen molar-refractivity contribution in [3.05, 3.63) is 28.8 Å². The van der Waals surface area contributed by atoms with E-state index in [0.29, 0.717) is 30.2 Å². The van der Waals surface area contributed by atoms with Crippen molar-refractivity contribution in [3.63, 3.8) is 0 Å². The zero-order valence-corrected chi connectivity index (χ0v) is 13.3. The van der Waals surface area contributed by atoms with Crippen molar-refractivity contribution < 1.29 is 19.1 Å². The Bertz CT molecular complexity index is 504. The Morgan fingerprint density at radius 3 is 2.67 bits per heavy atom. The molecule has 5 nitrogen and oxygen atoms in total. The summed E-state index contributed by atoms with van der Waals surface area (Å²) < 4.78 is 10.0. The first-order valence-corrected chi connectivity index (χ1v) is 7.01. The number of ether oxygens (including phenoxy) is 2. The van der Waals surface area contributed by atoms with Crippen molar-refractivity contribution in [2.75, 3.05) is 27.3 Å². The molecule has 21 heavy (non-hydrogen) atoms. The highest BCUT2D eigenvalue weighted by molar-refractivity contribution is 6.30. The second-order valence-corrected chi connectivity index (χ2v) is 5.13. The molecule has 0 unspecified atom stereocenters. The highest BCUT2D eigenvalue weighted by atomic mass is 35.5. The number of halogens is 1. The van der Waals surface area contributed by atoms with E-state index < -0.39 is 0 Å². The summed E-state index contributed by atoms with van der Waals surface area (Å²) in [6.45, 7) is 2.31. The molecule has 1 rings (SSSR count). The lowest BCUT2D eigenvalue weighted by atomic mass is 10.2. The Morgan fingerprint density at radius 2 is 2.05 bits per heavy atom. The minimum absolute atomic E-state index is 0.0444. The minimum atomic E-state index is -0.274. The molecule has 0 aliphatic rings. The maximum atomic E-state index is 11.9. The normalized spacial score (nSPS) is 10.1. The summed E-state index contributed by atoms with van der Waals surface area (Å²) in [5.74, 6) is 0.216. The number of esters is 1. The first-order valence-electron chi connectivity index (χ1n) is 6.63. The molecule has 0 aromatic heterocycles. The molecule has 0 aliphatic carbocycles. The quantitative estimate of drug-likeness (QED) is 0.726. The van der Waals surface area contributed by atoms with Gasteiger partial charge in [-0.05, 0) is 37.1 Å². The van der Waals surface area contributed by atoms with Crippen LogP contribution in [-0.4, -0.2) is 44.1 Å². The van der Waals surface area contributed by atoms with Crippen LogP contribution in [0.3, 0.4) is 0 Å². The second-order valence-electron chi connectivity index (χ2n) is 4.69. The maximum Gasteiger partial charge on any atom is 0.305 e. The number of nitrogens with zero attached hydrogens (tertiary/aromatic N) is 1. The lowest BCUT2D eigenvalue weighted by Gasteiger charge is -2.17. The number of rotatable bonds is 7. The second kappa shape index (κ2) is 8.52. The van der Waals surface area contributed by atoms with E-state index in [-0.39, 0.29) is 18.5 Å². The van der Waals surface area contributed by atoms with Crippen LogP contribution in [0, 0.1) is 6.92 Å². The molecule has 1 aromatic rings. The van der Waals surface area contributed by atoms with Crippen LogP contribution >= 0.6 is 11.6 Å². The molecule has 116 valence electrons. The zero-order chi connectivity index (χ0) is 15.8. The lowest BCUT2D eigenvalue weighted by Crippen LogP contribution is -2.32. The van der Waals surface area contributed by atoms with E-state index in [2.05, 4.69) is 4.74 Å². The molecule has 0 heterocycles. The molecule has 0 radical (unpaired) electrons. The van der Waals surface area contributed by atoms with Crippen LogP contribution in [0.4, 0.5) is 0 Å². The van der Waals surface area contributed by atoms with Crippen molar-refractivity contribution in [2.45, 2.75) is 19.8 Å². The first kappa shape index (κ1) is 17.3. The molecule has 0 spiro atoms. The fraction of sp³-hybridized carbons (Fsp3) is 0.467. The molecule has 0 fully saturated rings. The largest absolute Gasteiger partial charge is 0.483 e. The number of carbonyl (C=O) groups is 2. The number of hydrogen-bond acceptors (Lipinski definition) is 4. The molecule has 0 N–H and O–H groups in total. The molecule has 0 bridgehead atoms. The summed E-state index contributed by atoms with van der Waals surface area (Å²) in [6, 6.07) is 5.23. The lowest BCUT2D eigenvalue weighted by molar-refractivity contribution is -0.141. The van der Waals surface area contributed by atoms with E-state index in [1.54, 1.807) is 25.2 Å². The average Bonchev–Trinajstić information content (AvgIpc) is 2.45. The predicted octanol–water partition coefficient (Wildman–Crippen LogP) is 2.44. The number of aryl methyl sites for hydroxylation is 1. The zero-order valence-electron chi connectivity index (χ0n) is 12.5.